The number of nitrogens with one attached hydrogen (secondary N) is 2. The lowest BCUT2D eigenvalue weighted by molar-refractivity contribution is -0.139. The van der Waals surface area contributed by atoms with Crippen molar-refractivity contribution in [3.05, 3.63) is 59.7 Å². The van der Waals surface area contributed by atoms with Crippen molar-refractivity contribution in [2.24, 2.45) is 5.92 Å². The predicted molar refractivity (Wildman–Crippen MR) is 131 cm³/mol. The molecule has 3 aliphatic rings. The number of hydrogen-bond acceptors (Lipinski definition) is 4. The fourth-order valence-electron chi connectivity index (χ4n) is 5.92. The summed E-state index contributed by atoms with van der Waals surface area (Å²) in [7, 11) is 0. The molecule has 7 nitrogen and oxygen atoms in total. The largest absolute Gasteiger partial charge is 0.481 e. The Kier molecular flexibility index (Phi) is 6.03. The number of carboxylic acids is 1. The molecule has 0 aromatic heterocycles. The van der Waals surface area contributed by atoms with Gasteiger partial charge in [-0.15, -0.1) is 0 Å². The van der Waals surface area contributed by atoms with E-state index in [0.717, 1.165) is 47.9 Å². The van der Waals surface area contributed by atoms with Crippen molar-refractivity contribution in [1.82, 2.24) is 10.6 Å². The first-order valence-corrected chi connectivity index (χ1v) is 12.5. The molecule has 2 aromatic carbocycles. The Bertz CT molecular complexity index is 1110. The summed E-state index contributed by atoms with van der Waals surface area (Å²) in [5.74, 6) is -1.16. The number of rotatable bonds is 8. The van der Waals surface area contributed by atoms with Crippen LogP contribution in [0.15, 0.2) is 48.5 Å². The number of carbonyl (C=O) groups excluding carboxylic acids is 2. The number of aliphatic carboxylic acids is 1. The van der Waals surface area contributed by atoms with E-state index in [0.29, 0.717) is 12.8 Å². The zero-order chi connectivity index (χ0) is 24.6. The van der Waals surface area contributed by atoms with Crippen LogP contribution >= 0.6 is 0 Å². The lowest BCUT2D eigenvalue weighted by Crippen LogP contribution is -2.62. The molecule has 3 aliphatic carbocycles. The topological polar surface area (TPSA) is 105 Å². The van der Waals surface area contributed by atoms with Crippen LogP contribution in [0.1, 0.15) is 68.9 Å². The minimum absolute atomic E-state index is 0.0600. The molecule has 0 spiro atoms. The molecule has 5 rings (SSSR count). The summed E-state index contributed by atoms with van der Waals surface area (Å²) in [6.07, 6.45) is 3.70. The quantitative estimate of drug-likeness (QED) is 0.517. The van der Waals surface area contributed by atoms with Gasteiger partial charge in [-0.25, -0.2) is 4.79 Å². The number of carboxylic acid groups (broad SMARTS) is 1. The summed E-state index contributed by atoms with van der Waals surface area (Å²) >= 11 is 0. The van der Waals surface area contributed by atoms with Crippen LogP contribution in [0.5, 0.6) is 0 Å². The third kappa shape index (κ3) is 4.51. The molecule has 2 aromatic rings. The first-order chi connectivity index (χ1) is 16.8. The second-order valence-electron chi connectivity index (χ2n) is 10.5. The van der Waals surface area contributed by atoms with Crippen LogP contribution in [0.4, 0.5) is 4.79 Å². The summed E-state index contributed by atoms with van der Waals surface area (Å²) in [5, 5.41) is 15.3. The van der Waals surface area contributed by atoms with Crippen molar-refractivity contribution in [3.63, 3.8) is 0 Å². The lowest BCUT2D eigenvalue weighted by Gasteiger charge is -2.36. The summed E-state index contributed by atoms with van der Waals surface area (Å²) < 4.78 is 5.71. The van der Waals surface area contributed by atoms with Crippen molar-refractivity contribution in [1.29, 1.82) is 0 Å². The predicted octanol–water partition coefficient (Wildman–Crippen LogP) is 4.60. The van der Waals surface area contributed by atoms with Crippen LogP contribution in [-0.2, 0) is 14.3 Å². The van der Waals surface area contributed by atoms with Gasteiger partial charge in [-0.2, -0.15) is 0 Å². The van der Waals surface area contributed by atoms with E-state index in [-0.39, 0.29) is 30.8 Å². The van der Waals surface area contributed by atoms with Gasteiger partial charge in [0.25, 0.3) is 0 Å². The van der Waals surface area contributed by atoms with Gasteiger partial charge < -0.3 is 20.5 Å². The first kappa shape index (κ1) is 23.4. The zero-order valence-electron chi connectivity index (χ0n) is 20.0. The highest BCUT2D eigenvalue weighted by Crippen LogP contribution is 2.45. The molecule has 0 heterocycles. The van der Waals surface area contributed by atoms with Gasteiger partial charge in [0, 0.05) is 5.92 Å². The highest BCUT2D eigenvalue weighted by Gasteiger charge is 2.49. The van der Waals surface area contributed by atoms with Gasteiger partial charge in [-0.3, -0.25) is 9.59 Å². The number of amides is 2. The van der Waals surface area contributed by atoms with E-state index < -0.39 is 23.1 Å². The molecular formula is C28H32N2O5. The molecule has 2 amide bonds. The Morgan fingerprint density at radius 3 is 2.11 bits per heavy atom. The molecule has 0 bridgehead atoms. The molecule has 0 saturated heterocycles. The fourth-order valence-corrected chi connectivity index (χ4v) is 5.92. The van der Waals surface area contributed by atoms with Crippen molar-refractivity contribution in [3.8, 4) is 11.1 Å². The normalized spacial score (nSPS) is 19.8. The van der Waals surface area contributed by atoms with E-state index >= 15 is 0 Å². The number of benzene rings is 2. The van der Waals surface area contributed by atoms with Gasteiger partial charge in [0.2, 0.25) is 5.91 Å². The van der Waals surface area contributed by atoms with E-state index in [1.165, 1.54) is 0 Å². The Hall–Kier alpha value is -3.35. The van der Waals surface area contributed by atoms with Gasteiger partial charge in [0.05, 0.1) is 12.0 Å². The maximum atomic E-state index is 13.4. The monoisotopic (exact) mass is 476 g/mol. The van der Waals surface area contributed by atoms with E-state index in [4.69, 9.17) is 4.74 Å². The summed E-state index contributed by atoms with van der Waals surface area (Å²) in [5.41, 5.74) is 2.67. The number of fused-ring (bicyclic) bond motifs is 3. The van der Waals surface area contributed by atoms with Crippen molar-refractivity contribution in [2.45, 2.75) is 68.9 Å². The highest BCUT2D eigenvalue weighted by molar-refractivity contribution is 5.91. The minimum Gasteiger partial charge on any atom is -0.481 e. The molecule has 0 radical (unpaired) electrons. The Morgan fingerprint density at radius 1 is 1.00 bits per heavy atom. The molecule has 2 saturated carbocycles. The van der Waals surface area contributed by atoms with Crippen molar-refractivity contribution >= 4 is 18.0 Å². The number of hydrogen-bond donors (Lipinski definition) is 3. The summed E-state index contributed by atoms with van der Waals surface area (Å²) in [4.78, 5) is 37.9. The average molecular weight is 477 g/mol. The maximum Gasteiger partial charge on any atom is 0.408 e. The van der Waals surface area contributed by atoms with E-state index in [2.05, 4.69) is 34.9 Å². The Morgan fingerprint density at radius 2 is 1.57 bits per heavy atom. The summed E-state index contributed by atoms with van der Waals surface area (Å²) in [6, 6.07) is 16.3. The lowest BCUT2D eigenvalue weighted by atomic mass is 9.88. The van der Waals surface area contributed by atoms with Crippen LogP contribution in [-0.4, -0.2) is 40.8 Å². The standard InChI is InChI=1S/C28H32N2O5/c1-27(16-24(31)32,18-12-13-18)29-25(33)28(14-6-7-15-28)30-26(34)35-17-23-21-10-4-2-8-19(21)20-9-3-5-11-22(20)23/h2-5,8-11,18,23H,6-7,12-17H2,1H3,(H,29,33)(H,30,34)(H,31,32). The third-order valence-corrected chi connectivity index (χ3v) is 7.97. The molecule has 7 heteroatoms. The first-order valence-electron chi connectivity index (χ1n) is 12.5. The van der Waals surface area contributed by atoms with Crippen LogP contribution < -0.4 is 10.6 Å². The van der Waals surface area contributed by atoms with Gasteiger partial charge in [0.15, 0.2) is 0 Å². The van der Waals surface area contributed by atoms with Crippen LogP contribution in [0.25, 0.3) is 11.1 Å². The van der Waals surface area contributed by atoms with E-state index in [1.807, 2.05) is 24.3 Å². The molecule has 35 heavy (non-hydrogen) atoms. The van der Waals surface area contributed by atoms with Gasteiger partial charge >= 0.3 is 12.1 Å². The maximum absolute atomic E-state index is 13.4. The SMILES string of the molecule is CC(CC(=O)O)(NC(=O)C1(NC(=O)OCC2c3ccccc3-c3ccccc32)CCCC1)C1CC1. The minimum atomic E-state index is -1.07. The van der Waals surface area contributed by atoms with Crippen LogP contribution in [0, 0.1) is 5.92 Å². The number of carbonyl (C=O) groups is 3. The smallest absolute Gasteiger partial charge is 0.408 e. The molecule has 1 atom stereocenters. The van der Waals surface area contributed by atoms with Crippen LogP contribution in [0.3, 0.4) is 0 Å². The van der Waals surface area contributed by atoms with Crippen molar-refractivity contribution in [2.75, 3.05) is 6.61 Å². The summed E-state index contributed by atoms with van der Waals surface area (Å²) in [6.45, 7) is 1.98. The molecule has 3 N–H and O–H groups in total. The van der Waals surface area contributed by atoms with Crippen molar-refractivity contribution < 1.29 is 24.2 Å². The Balaban J connectivity index is 1.28. The van der Waals surface area contributed by atoms with Crippen LogP contribution in [0.2, 0.25) is 0 Å². The van der Waals surface area contributed by atoms with Gasteiger partial charge in [-0.1, -0.05) is 61.4 Å². The molecule has 184 valence electrons. The molecule has 2 fully saturated rings. The molecule has 1 unspecified atom stereocenters. The molecular weight excluding hydrogens is 444 g/mol. The molecule has 0 aliphatic heterocycles. The number of alkyl carbamates (subject to hydrolysis) is 1. The van der Waals surface area contributed by atoms with E-state index in [1.54, 1.807) is 6.92 Å². The Labute approximate surface area is 205 Å². The third-order valence-electron chi connectivity index (χ3n) is 7.97. The van der Waals surface area contributed by atoms with Gasteiger partial charge in [-0.05, 0) is 60.8 Å². The van der Waals surface area contributed by atoms with Gasteiger partial charge in [0.1, 0.15) is 12.1 Å². The van der Waals surface area contributed by atoms with E-state index in [9.17, 15) is 19.5 Å². The average Bonchev–Trinajstić information content (AvgIpc) is 3.51. The second kappa shape index (κ2) is 9.02. The highest BCUT2D eigenvalue weighted by atomic mass is 16.5. The fraction of sp³-hybridized carbons (Fsp3) is 0.464. The zero-order valence-corrected chi connectivity index (χ0v) is 20.0. The second-order valence-corrected chi connectivity index (χ2v) is 10.5. The number of ether oxygens (including phenoxy) is 1.